The normalized spacial score (nSPS) is 10.8. The first-order valence-electron chi connectivity index (χ1n) is 21.6. The Hall–Kier alpha value is -7.09. The van der Waals surface area contributed by atoms with Gasteiger partial charge in [-0.3, -0.25) is 0 Å². The monoisotopic (exact) mass is 843 g/mol. The number of hydrogen-bond acceptors (Lipinski definition) is 5. The van der Waals surface area contributed by atoms with E-state index in [2.05, 4.69) is 226 Å². The molecule has 9 aromatic rings. The van der Waals surface area contributed by atoms with Gasteiger partial charge in [0, 0.05) is 21.3 Å². The van der Waals surface area contributed by atoms with Crippen LogP contribution in [0.5, 0.6) is 0 Å². The molecule has 3 N–H and O–H groups in total. The maximum atomic E-state index is 7.00. The Morgan fingerprint density at radius 1 is 0.516 bits per heavy atom. The van der Waals surface area contributed by atoms with Crippen molar-refractivity contribution in [2.75, 3.05) is 26.2 Å². The molecule has 6 heteroatoms. The average Bonchev–Trinajstić information content (AvgIpc) is 3.77. The van der Waals surface area contributed by atoms with Crippen LogP contribution >= 0.6 is 0 Å². The van der Waals surface area contributed by atoms with Crippen LogP contribution in [0.4, 0.5) is 17.1 Å². The first kappa shape index (κ1) is 48.0. The summed E-state index contributed by atoms with van der Waals surface area (Å²) in [6.45, 7) is 10.2. The Labute approximate surface area is 379 Å². The standard InChI is InChI=1S/C53H40BNO.C2H6.3CH4O/c1-3-13-37(34-35-54-2)42-28-33-47(48-21-12-23-52-53(48)49-19-9-10-22-51(49)56-52)50(36-42)55(43-29-24-39(25-30-43)38-14-5-4-6-15-38)44-31-26-41(27-32-44)46-20-11-17-40-16-7-8-18-45(40)46;4*1-2/h3-36H,1-2H3;1-2H3;3*2H,1H3/b13-3-,37-34+;;;;. The summed E-state index contributed by atoms with van der Waals surface area (Å²) in [5.41, 5.74) is 14.2. The summed E-state index contributed by atoms with van der Waals surface area (Å²) in [5.74, 6) is 2.10. The van der Waals surface area contributed by atoms with Gasteiger partial charge in [-0.1, -0.05) is 92.7 Å². The average molecular weight is 844 g/mol. The van der Waals surface area contributed by atoms with E-state index in [9.17, 15) is 0 Å². The second-order valence-electron chi connectivity index (χ2n) is 14.0. The summed E-state index contributed by atoms with van der Waals surface area (Å²) < 4.78 is 6.42. The molecule has 0 unspecified atom stereocenters. The number of nitrogens with zero attached hydrogens (tertiary/aromatic N) is 1. The van der Waals surface area contributed by atoms with Gasteiger partial charge in [-0.05, 0) is 10.8 Å². The van der Waals surface area contributed by atoms with E-state index in [4.69, 9.17) is 19.7 Å². The van der Waals surface area contributed by atoms with E-state index < -0.39 is 0 Å². The summed E-state index contributed by atoms with van der Waals surface area (Å²) in [5, 5.41) is 25.7. The third kappa shape index (κ3) is 10.6. The molecule has 5 nitrogen and oxygen atoms in total. The van der Waals surface area contributed by atoms with E-state index in [1.54, 1.807) is 0 Å². The van der Waals surface area contributed by atoms with Crippen molar-refractivity contribution in [3.05, 3.63) is 206 Å². The Balaban J connectivity index is 0.000000914. The molecular weight excluding hydrogens is 785 g/mol. The van der Waals surface area contributed by atoms with Gasteiger partial charge in [-0.2, -0.15) is 0 Å². The van der Waals surface area contributed by atoms with E-state index in [0.29, 0.717) is 0 Å². The number of furan rings is 1. The third-order valence-electron chi connectivity index (χ3n) is 10.5. The van der Waals surface area contributed by atoms with Crippen molar-refractivity contribution < 1.29 is 19.7 Å². The quantitative estimate of drug-likeness (QED) is 0.0997. The molecule has 0 atom stereocenters. The van der Waals surface area contributed by atoms with Gasteiger partial charge < -0.3 is 15.3 Å². The van der Waals surface area contributed by atoms with Crippen LogP contribution in [0.1, 0.15) is 26.3 Å². The van der Waals surface area contributed by atoms with Crippen LogP contribution in [0.25, 0.3) is 71.7 Å². The molecule has 0 radical (unpaired) electrons. The first-order chi connectivity index (χ1) is 31.7. The molecule has 0 aliphatic carbocycles. The van der Waals surface area contributed by atoms with Crippen LogP contribution in [-0.2, 0) is 0 Å². The minimum atomic E-state index is 0.875. The van der Waals surface area contributed by atoms with Crippen LogP contribution in [-0.4, -0.2) is 49.5 Å². The van der Waals surface area contributed by atoms with Crippen molar-refractivity contribution in [2.45, 2.75) is 27.6 Å². The second kappa shape index (κ2) is 24.5. The maximum Gasteiger partial charge on any atom is 0.0319 e. The zero-order chi connectivity index (χ0) is 45.8. The van der Waals surface area contributed by atoms with Crippen molar-refractivity contribution in [1.29, 1.82) is 0 Å². The van der Waals surface area contributed by atoms with Gasteiger partial charge in [-0.15, -0.1) is 0 Å². The topological polar surface area (TPSA) is 77.1 Å². The fraction of sp³-hybridized carbons (Fsp3) is 0.121. The fourth-order valence-corrected chi connectivity index (χ4v) is 7.88. The van der Waals surface area contributed by atoms with Crippen molar-refractivity contribution in [2.24, 2.45) is 0 Å². The fourth-order valence-electron chi connectivity index (χ4n) is 7.88. The SMILES string of the molecule is CB=C/C=C(\C=C/C)c1ccc(-c2cccc3oc4ccccc4c23)c(N(c2ccc(-c3ccccc3)cc2)c2ccc(-c3cccc4ccccc34)cc2)c1.CC.CO.CO.CO. The molecule has 0 spiro atoms. The van der Waals surface area contributed by atoms with Gasteiger partial charge in [0.1, 0.15) is 0 Å². The zero-order valence-electron chi connectivity index (χ0n) is 37.9. The molecule has 1 heterocycles. The molecule has 0 saturated heterocycles. The Morgan fingerprint density at radius 3 is 1.73 bits per heavy atom. The largest absolute Gasteiger partial charge is 0.400 e. The first-order valence-corrected chi connectivity index (χ1v) is 21.6. The summed E-state index contributed by atoms with van der Waals surface area (Å²) in [7, 11) is 3.00. The molecule has 0 fully saturated rings. The molecule has 0 aliphatic heterocycles. The third-order valence-corrected chi connectivity index (χ3v) is 10.5. The molecular formula is C58H58BNO4. The van der Waals surface area contributed by atoms with E-state index >= 15 is 0 Å². The molecule has 0 saturated carbocycles. The molecule has 64 heavy (non-hydrogen) atoms. The van der Waals surface area contributed by atoms with E-state index in [0.717, 1.165) is 82.6 Å². The molecule has 1 aromatic heterocycles. The van der Waals surface area contributed by atoms with Gasteiger partial charge in [0.2, 0.25) is 0 Å². The number of benzene rings is 8. The molecule has 8 aromatic carbocycles. The molecule has 0 aliphatic rings. The smallest absolute Gasteiger partial charge is 0.0319 e. The van der Waals surface area contributed by atoms with Gasteiger partial charge in [-0.25, -0.2) is 0 Å². The number of aliphatic hydroxyl groups is 3. The Bertz CT molecular complexity index is 2920. The molecule has 0 bridgehead atoms. The van der Waals surface area contributed by atoms with E-state index in [1.807, 2.05) is 19.9 Å². The number of anilines is 3. The van der Waals surface area contributed by atoms with E-state index in [-0.39, 0.29) is 0 Å². The number of hydrogen-bond donors (Lipinski definition) is 3. The van der Waals surface area contributed by atoms with Crippen molar-refractivity contribution >= 4 is 68.2 Å². The number of para-hydroxylation sites is 1. The molecule has 0 amide bonds. The van der Waals surface area contributed by atoms with Crippen LogP contribution in [0, 0.1) is 0 Å². The maximum absolute atomic E-state index is 7.00. The zero-order valence-corrected chi connectivity index (χ0v) is 37.9. The van der Waals surface area contributed by atoms with Crippen molar-refractivity contribution in [3.63, 3.8) is 0 Å². The van der Waals surface area contributed by atoms with Crippen molar-refractivity contribution in [1.82, 2.24) is 0 Å². The van der Waals surface area contributed by atoms with Crippen LogP contribution in [0.2, 0.25) is 6.82 Å². The Morgan fingerprint density at radius 2 is 1.06 bits per heavy atom. The Kier molecular flexibility index (Phi) is 18.4. The number of allylic oxidation sites excluding steroid dienone is 4. The van der Waals surface area contributed by atoms with Gasteiger partial charge in [0.25, 0.3) is 0 Å². The number of aliphatic hydroxyl groups excluding tert-OH is 3. The minimum Gasteiger partial charge on any atom is -0.400 e. The summed E-state index contributed by atoms with van der Waals surface area (Å²) >= 11 is 0. The summed E-state index contributed by atoms with van der Waals surface area (Å²) in [6.07, 6.45) is 6.47. The van der Waals surface area contributed by atoms with Crippen molar-refractivity contribution in [3.8, 4) is 33.4 Å². The van der Waals surface area contributed by atoms with Gasteiger partial charge in [0.15, 0.2) is 0 Å². The second-order valence-corrected chi connectivity index (χ2v) is 14.0. The minimum absolute atomic E-state index is 0.875. The van der Waals surface area contributed by atoms with Gasteiger partial charge >= 0.3 is 241 Å². The predicted molar refractivity (Wildman–Crippen MR) is 278 cm³/mol. The molecule has 9 rings (SSSR count). The summed E-state index contributed by atoms with van der Waals surface area (Å²) in [4.78, 5) is 2.41. The van der Waals surface area contributed by atoms with E-state index in [1.165, 1.54) is 33.0 Å². The summed E-state index contributed by atoms with van der Waals surface area (Å²) in [6, 6.07) is 65.3. The van der Waals surface area contributed by atoms with Crippen LogP contribution in [0.3, 0.4) is 0 Å². The van der Waals surface area contributed by atoms with Crippen LogP contribution in [0.15, 0.2) is 205 Å². The predicted octanol–water partition coefficient (Wildman–Crippen LogP) is 14.6. The number of fused-ring (bicyclic) bond motifs is 4. The van der Waals surface area contributed by atoms with Gasteiger partial charge in [0.05, 0.1) is 0 Å². The van der Waals surface area contributed by atoms with Crippen LogP contribution < -0.4 is 4.90 Å². The molecule has 322 valence electrons. The number of rotatable bonds is 9.